The van der Waals surface area contributed by atoms with Crippen molar-refractivity contribution in [2.45, 2.75) is 12.2 Å². The first kappa shape index (κ1) is 10.4. The van der Waals surface area contributed by atoms with E-state index >= 15 is 0 Å². The number of nitrogens with zero attached hydrogens (tertiary/aromatic N) is 1. The second-order valence-electron chi connectivity index (χ2n) is 3.91. The van der Waals surface area contributed by atoms with Gasteiger partial charge in [-0.25, -0.2) is 0 Å². The van der Waals surface area contributed by atoms with Crippen LogP contribution in [-0.2, 0) is 12.2 Å². The summed E-state index contributed by atoms with van der Waals surface area (Å²) in [6.45, 7) is 0. The first-order chi connectivity index (χ1) is 7.75. The Labute approximate surface area is 107 Å². The number of aryl methyl sites for hydroxylation is 1. The average molecular weight is 295 g/mol. The van der Waals surface area contributed by atoms with E-state index in [-0.39, 0.29) is 0 Å². The van der Waals surface area contributed by atoms with E-state index in [1.54, 1.807) is 0 Å². The van der Waals surface area contributed by atoms with Crippen molar-refractivity contribution in [1.29, 1.82) is 0 Å². The number of hydrogen-bond donors (Lipinski definition) is 1. The Kier molecular flexibility index (Phi) is 2.56. The van der Waals surface area contributed by atoms with Crippen molar-refractivity contribution in [1.82, 2.24) is 4.98 Å². The lowest BCUT2D eigenvalue weighted by atomic mass is 10.1. The molecule has 0 fully saturated rings. The van der Waals surface area contributed by atoms with Crippen molar-refractivity contribution in [2.75, 3.05) is 11.5 Å². The second-order valence-corrected chi connectivity index (χ2v) is 5.94. The third kappa shape index (κ3) is 1.60. The van der Waals surface area contributed by atoms with Gasteiger partial charge < -0.3 is 5.73 Å². The van der Waals surface area contributed by atoms with Gasteiger partial charge >= 0.3 is 0 Å². The zero-order chi connectivity index (χ0) is 11.1. The molecule has 2 aromatic rings. The second kappa shape index (κ2) is 3.93. The molecule has 16 heavy (non-hydrogen) atoms. The van der Waals surface area contributed by atoms with Crippen molar-refractivity contribution < 1.29 is 0 Å². The molecule has 2 nitrogen and oxygen atoms in total. The molecule has 0 unspecified atom stereocenters. The monoisotopic (exact) mass is 294 g/mol. The largest absolute Gasteiger partial charge is 0.398 e. The van der Waals surface area contributed by atoms with Crippen LogP contribution in [0.15, 0.2) is 22.7 Å². The number of rotatable bonds is 0. The normalized spacial score (nSPS) is 15.1. The molecule has 0 radical (unpaired) electrons. The van der Waals surface area contributed by atoms with Gasteiger partial charge in [0.2, 0.25) is 0 Å². The highest BCUT2D eigenvalue weighted by atomic mass is 79.9. The molecule has 3 rings (SSSR count). The Morgan fingerprint density at radius 3 is 3.12 bits per heavy atom. The molecule has 1 aromatic carbocycles. The third-order valence-corrected chi connectivity index (χ3v) is 4.39. The number of anilines is 1. The topological polar surface area (TPSA) is 38.9 Å². The first-order valence-electron chi connectivity index (χ1n) is 5.20. The van der Waals surface area contributed by atoms with E-state index in [1.807, 2.05) is 23.9 Å². The summed E-state index contributed by atoms with van der Waals surface area (Å²) in [4.78, 5) is 4.70. The van der Waals surface area contributed by atoms with Crippen molar-refractivity contribution in [2.24, 2.45) is 0 Å². The SMILES string of the molecule is Nc1c2c(nc3ccc(Br)cc13)CCSC2. The van der Waals surface area contributed by atoms with Gasteiger partial charge in [0.25, 0.3) is 0 Å². The summed E-state index contributed by atoms with van der Waals surface area (Å²) in [5.74, 6) is 2.15. The van der Waals surface area contributed by atoms with Gasteiger partial charge in [-0.05, 0) is 30.4 Å². The average Bonchev–Trinajstić information content (AvgIpc) is 2.31. The van der Waals surface area contributed by atoms with E-state index in [4.69, 9.17) is 10.7 Å². The van der Waals surface area contributed by atoms with E-state index in [0.29, 0.717) is 0 Å². The summed E-state index contributed by atoms with van der Waals surface area (Å²) >= 11 is 5.41. The van der Waals surface area contributed by atoms with Gasteiger partial charge in [-0.2, -0.15) is 11.8 Å². The minimum atomic E-state index is 0.911. The molecule has 82 valence electrons. The molecular weight excluding hydrogens is 284 g/mol. The fourth-order valence-corrected chi connectivity index (χ4v) is 3.43. The van der Waals surface area contributed by atoms with E-state index in [2.05, 4.69) is 22.0 Å². The molecule has 0 spiro atoms. The van der Waals surface area contributed by atoms with E-state index in [0.717, 1.165) is 39.0 Å². The van der Waals surface area contributed by atoms with E-state index in [1.165, 1.54) is 11.3 Å². The molecule has 0 aliphatic carbocycles. The van der Waals surface area contributed by atoms with Crippen molar-refractivity contribution in [3.63, 3.8) is 0 Å². The maximum absolute atomic E-state index is 6.23. The molecule has 0 saturated carbocycles. The van der Waals surface area contributed by atoms with Gasteiger partial charge in [0.15, 0.2) is 0 Å². The standard InChI is InChI=1S/C12H11BrN2S/c13-7-1-2-10-8(5-7)12(14)9-6-16-4-3-11(9)15-10/h1-2,5H,3-4,6H2,(H2,14,15). The van der Waals surface area contributed by atoms with Crippen LogP contribution in [0, 0.1) is 0 Å². The number of benzene rings is 1. The quantitative estimate of drug-likeness (QED) is 0.810. The van der Waals surface area contributed by atoms with E-state index in [9.17, 15) is 0 Å². The van der Waals surface area contributed by atoms with Gasteiger partial charge in [-0.15, -0.1) is 0 Å². The summed E-state index contributed by atoms with van der Waals surface area (Å²) in [6, 6.07) is 6.09. The highest BCUT2D eigenvalue weighted by Crippen LogP contribution is 2.33. The molecule has 1 aromatic heterocycles. The number of aromatic nitrogens is 1. The van der Waals surface area contributed by atoms with Crippen molar-refractivity contribution in [3.8, 4) is 0 Å². The number of thioether (sulfide) groups is 1. The molecule has 0 bridgehead atoms. The first-order valence-corrected chi connectivity index (χ1v) is 7.15. The Hall–Kier alpha value is -0.740. The third-order valence-electron chi connectivity index (χ3n) is 2.91. The maximum atomic E-state index is 6.23. The smallest absolute Gasteiger partial charge is 0.0727 e. The summed E-state index contributed by atoms with van der Waals surface area (Å²) in [7, 11) is 0. The Bertz CT molecular complexity index is 568. The van der Waals surface area contributed by atoms with Crippen molar-refractivity contribution >= 4 is 44.3 Å². The summed E-state index contributed by atoms with van der Waals surface area (Å²) in [5, 5.41) is 1.07. The molecule has 2 heterocycles. The minimum Gasteiger partial charge on any atom is -0.398 e. The van der Waals surface area contributed by atoms with Crippen molar-refractivity contribution in [3.05, 3.63) is 33.9 Å². The number of nitrogens with two attached hydrogens (primary N) is 1. The molecule has 1 aliphatic heterocycles. The van der Waals surface area contributed by atoms with Crippen LogP contribution in [0.3, 0.4) is 0 Å². The number of hydrogen-bond acceptors (Lipinski definition) is 3. The van der Waals surface area contributed by atoms with Gasteiger partial charge in [0.1, 0.15) is 0 Å². The lowest BCUT2D eigenvalue weighted by Crippen LogP contribution is -2.09. The summed E-state index contributed by atoms with van der Waals surface area (Å²) in [5.41, 5.74) is 10.6. The number of nitrogen functional groups attached to an aromatic ring is 1. The number of fused-ring (bicyclic) bond motifs is 2. The van der Waals surface area contributed by atoms with Crippen LogP contribution < -0.4 is 5.73 Å². The van der Waals surface area contributed by atoms with Gasteiger partial charge in [0.05, 0.1) is 5.52 Å². The zero-order valence-electron chi connectivity index (χ0n) is 8.66. The lowest BCUT2D eigenvalue weighted by Gasteiger charge is -2.18. The number of halogens is 1. The number of pyridine rings is 1. The minimum absolute atomic E-state index is 0.911. The highest BCUT2D eigenvalue weighted by Gasteiger charge is 2.16. The Balaban J connectivity index is 2.35. The summed E-state index contributed by atoms with van der Waals surface area (Å²) in [6.07, 6.45) is 1.04. The van der Waals surface area contributed by atoms with Crippen LogP contribution in [0.25, 0.3) is 10.9 Å². The van der Waals surface area contributed by atoms with E-state index < -0.39 is 0 Å². The highest BCUT2D eigenvalue weighted by molar-refractivity contribution is 9.10. The lowest BCUT2D eigenvalue weighted by molar-refractivity contribution is 1.01. The van der Waals surface area contributed by atoms with Crippen LogP contribution in [0.1, 0.15) is 11.3 Å². The molecule has 0 atom stereocenters. The molecule has 0 amide bonds. The molecular formula is C12H11BrN2S. The predicted octanol–water partition coefficient (Wildman–Crippen LogP) is 3.37. The molecule has 0 saturated heterocycles. The fourth-order valence-electron chi connectivity index (χ4n) is 2.06. The molecule has 2 N–H and O–H groups in total. The molecule has 4 heteroatoms. The molecule has 1 aliphatic rings. The van der Waals surface area contributed by atoms with Crippen LogP contribution in [0.4, 0.5) is 5.69 Å². The van der Waals surface area contributed by atoms with Gasteiger partial charge in [-0.1, -0.05) is 15.9 Å². The van der Waals surface area contributed by atoms with Crippen LogP contribution in [0.2, 0.25) is 0 Å². The predicted molar refractivity (Wildman–Crippen MR) is 73.7 cm³/mol. The zero-order valence-corrected chi connectivity index (χ0v) is 11.1. The van der Waals surface area contributed by atoms with Gasteiger partial charge in [0, 0.05) is 32.6 Å². The summed E-state index contributed by atoms with van der Waals surface area (Å²) < 4.78 is 1.05. The Morgan fingerprint density at radius 1 is 1.38 bits per heavy atom. The fraction of sp³-hybridized carbons (Fsp3) is 0.250. The Morgan fingerprint density at radius 2 is 2.25 bits per heavy atom. The van der Waals surface area contributed by atoms with Crippen LogP contribution in [-0.4, -0.2) is 10.7 Å². The van der Waals surface area contributed by atoms with Crippen LogP contribution in [0.5, 0.6) is 0 Å². The van der Waals surface area contributed by atoms with Gasteiger partial charge in [-0.3, -0.25) is 4.98 Å². The van der Waals surface area contributed by atoms with Crippen LogP contribution >= 0.6 is 27.7 Å². The maximum Gasteiger partial charge on any atom is 0.0727 e.